The quantitative estimate of drug-likeness (QED) is 0.578. The Morgan fingerprint density at radius 1 is 1.04 bits per heavy atom. The minimum atomic E-state index is -0.0864. The van der Waals surface area contributed by atoms with Crippen LogP contribution >= 0.6 is 0 Å². The van der Waals surface area contributed by atoms with Crippen LogP contribution in [0, 0.1) is 0 Å². The molecule has 1 atom stereocenters. The third-order valence-corrected chi connectivity index (χ3v) is 3.66. The van der Waals surface area contributed by atoms with Gasteiger partial charge >= 0.3 is 0 Å². The van der Waals surface area contributed by atoms with E-state index in [0.29, 0.717) is 23.8 Å². The van der Waals surface area contributed by atoms with Crippen molar-refractivity contribution < 1.29 is 9.59 Å². The first-order valence-corrected chi connectivity index (χ1v) is 8.48. The monoisotopic (exact) mass is 319 g/mol. The molecule has 5 nitrogen and oxygen atoms in total. The van der Waals surface area contributed by atoms with Crippen molar-refractivity contribution in [3.05, 3.63) is 24.3 Å². The predicted octanol–water partition coefficient (Wildman–Crippen LogP) is 3.53. The lowest BCUT2D eigenvalue weighted by Gasteiger charge is -2.12. The van der Waals surface area contributed by atoms with Crippen LogP contribution in [0.2, 0.25) is 0 Å². The second-order valence-electron chi connectivity index (χ2n) is 5.82. The molecular weight excluding hydrogens is 290 g/mol. The molecule has 1 aromatic rings. The normalized spacial score (nSPS) is 11.8. The average molecular weight is 319 g/mol. The largest absolute Gasteiger partial charge is 0.326 e. The van der Waals surface area contributed by atoms with Crippen LogP contribution in [-0.4, -0.2) is 24.4 Å². The number of benzene rings is 1. The number of amides is 2. The van der Waals surface area contributed by atoms with Crippen LogP contribution in [0.15, 0.2) is 24.3 Å². The molecule has 1 unspecified atom stereocenters. The summed E-state index contributed by atoms with van der Waals surface area (Å²) in [6.45, 7) is 6.51. The van der Waals surface area contributed by atoms with Crippen molar-refractivity contribution >= 4 is 23.2 Å². The predicted molar refractivity (Wildman–Crippen MR) is 95.6 cm³/mol. The molecule has 0 aliphatic heterocycles. The maximum absolute atomic E-state index is 11.9. The van der Waals surface area contributed by atoms with Gasteiger partial charge in [0.15, 0.2) is 0 Å². The standard InChI is InChI=1S/C18H29N3O2/c1-4-6-7-11-17(22)20-15-9-8-10-16(12-15)21-18(23)13-19-14(3)5-2/h8-10,12,14,19H,4-7,11,13H2,1-3H3,(H,20,22)(H,21,23). The summed E-state index contributed by atoms with van der Waals surface area (Å²) >= 11 is 0. The van der Waals surface area contributed by atoms with Crippen LogP contribution in [0.25, 0.3) is 0 Å². The van der Waals surface area contributed by atoms with Crippen molar-refractivity contribution in [2.75, 3.05) is 17.2 Å². The van der Waals surface area contributed by atoms with Crippen LogP contribution in [0.3, 0.4) is 0 Å². The smallest absolute Gasteiger partial charge is 0.238 e. The summed E-state index contributed by atoms with van der Waals surface area (Å²) in [5, 5.41) is 8.85. The van der Waals surface area contributed by atoms with E-state index in [1.54, 1.807) is 6.07 Å². The summed E-state index contributed by atoms with van der Waals surface area (Å²) < 4.78 is 0. The van der Waals surface area contributed by atoms with Gasteiger partial charge in [-0.2, -0.15) is 0 Å². The highest BCUT2D eigenvalue weighted by Gasteiger charge is 2.06. The molecule has 1 rings (SSSR count). The van der Waals surface area contributed by atoms with E-state index in [1.807, 2.05) is 25.1 Å². The van der Waals surface area contributed by atoms with Gasteiger partial charge in [-0.1, -0.05) is 32.8 Å². The number of hydrogen-bond acceptors (Lipinski definition) is 3. The molecule has 23 heavy (non-hydrogen) atoms. The highest BCUT2D eigenvalue weighted by Crippen LogP contribution is 2.15. The number of carbonyl (C=O) groups is 2. The van der Waals surface area contributed by atoms with Crippen LogP contribution in [0.4, 0.5) is 11.4 Å². The molecule has 0 fully saturated rings. The van der Waals surface area contributed by atoms with Crippen molar-refractivity contribution in [1.82, 2.24) is 5.32 Å². The molecule has 3 N–H and O–H groups in total. The van der Waals surface area contributed by atoms with E-state index in [2.05, 4.69) is 29.8 Å². The molecule has 0 spiro atoms. The zero-order valence-corrected chi connectivity index (χ0v) is 14.4. The summed E-state index contributed by atoms with van der Waals surface area (Å²) in [4.78, 5) is 23.7. The molecule has 128 valence electrons. The van der Waals surface area contributed by atoms with Gasteiger partial charge < -0.3 is 16.0 Å². The molecule has 0 heterocycles. The SMILES string of the molecule is CCCCCC(=O)Nc1cccc(NC(=O)CNC(C)CC)c1. The number of hydrogen-bond donors (Lipinski definition) is 3. The van der Waals surface area contributed by atoms with Gasteiger partial charge in [0.25, 0.3) is 0 Å². The van der Waals surface area contributed by atoms with Gasteiger partial charge in [0, 0.05) is 23.8 Å². The van der Waals surface area contributed by atoms with Gasteiger partial charge in [0.2, 0.25) is 11.8 Å². The Balaban J connectivity index is 2.46. The van der Waals surface area contributed by atoms with Crippen molar-refractivity contribution in [3.63, 3.8) is 0 Å². The summed E-state index contributed by atoms with van der Waals surface area (Å²) in [6, 6.07) is 7.55. The Labute approximate surface area is 139 Å². The van der Waals surface area contributed by atoms with Gasteiger partial charge in [-0.15, -0.1) is 0 Å². The van der Waals surface area contributed by atoms with Gasteiger partial charge in [0.1, 0.15) is 0 Å². The summed E-state index contributed by atoms with van der Waals surface area (Å²) in [5.74, 6) is -0.0721. The lowest BCUT2D eigenvalue weighted by molar-refractivity contribution is -0.116. The minimum Gasteiger partial charge on any atom is -0.326 e. The Hall–Kier alpha value is -1.88. The summed E-state index contributed by atoms with van der Waals surface area (Å²) in [6.07, 6.45) is 4.57. The molecule has 0 aromatic heterocycles. The molecule has 0 aliphatic carbocycles. The molecule has 0 saturated heterocycles. The maximum atomic E-state index is 11.9. The molecule has 0 bridgehead atoms. The Bertz CT molecular complexity index is 503. The van der Waals surface area contributed by atoms with Crippen LogP contribution in [0.1, 0.15) is 52.9 Å². The number of unbranched alkanes of at least 4 members (excludes halogenated alkanes) is 2. The molecule has 1 aromatic carbocycles. The van der Waals surface area contributed by atoms with Crippen molar-refractivity contribution in [2.24, 2.45) is 0 Å². The van der Waals surface area contributed by atoms with Crippen molar-refractivity contribution in [2.45, 2.75) is 58.9 Å². The number of carbonyl (C=O) groups excluding carboxylic acids is 2. The first kappa shape index (κ1) is 19.2. The average Bonchev–Trinajstić information content (AvgIpc) is 2.53. The lowest BCUT2D eigenvalue weighted by Crippen LogP contribution is -2.33. The van der Waals surface area contributed by atoms with Crippen molar-refractivity contribution in [3.8, 4) is 0 Å². The summed E-state index contributed by atoms with van der Waals surface area (Å²) in [5.41, 5.74) is 1.39. The molecule has 2 amide bonds. The second kappa shape index (κ2) is 10.8. The first-order valence-electron chi connectivity index (χ1n) is 8.48. The third kappa shape index (κ3) is 8.35. The van der Waals surface area contributed by atoms with E-state index < -0.39 is 0 Å². The number of rotatable bonds is 10. The van der Waals surface area contributed by atoms with E-state index in [-0.39, 0.29) is 18.4 Å². The molecule has 0 aliphatic rings. The lowest BCUT2D eigenvalue weighted by atomic mass is 10.2. The molecule has 0 radical (unpaired) electrons. The Morgan fingerprint density at radius 2 is 1.70 bits per heavy atom. The minimum absolute atomic E-state index is 0.0142. The van der Waals surface area contributed by atoms with Crippen LogP contribution in [0.5, 0.6) is 0 Å². The molecular formula is C18H29N3O2. The van der Waals surface area contributed by atoms with E-state index in [1.165, 1.54) is 0 Å². The Kier molecular flexibility index (Phi) is 8.98. The fourth-order valence-electron chi connectivity index (χ4n) is 2.05. The van der Waals surface area contributed by atoms with E-state index >= 15 is 0 Å². The zero-order chi connectivity index (χ0) is 17.1. The van der Waals surface area contributed by atoms with Gasteiger partial charge in [-0.25, -0.2) is 0 Å². The highest BCUT2D eigenvalue weighted by molar-refractivity contribution is 5.94. The number of anilines is 2. The topological polar surface area (TPSA) is 70.2 Å². The van der Waals surface area contributed by atoms with Crippen LogP contribution in [-0.2, 0) is 9.59 Å². The summed E-state index contributed by atoms with van der Waals surface area (Å²) in [7, 11) is 0. The zero-order valence-electron chi connectivity index (χ0n) is 14.4. The Morgan fingerprint density at radius 3 is 2.30 bits per heavy atom. The molecule has 0 saturated carbocycles. The third-order valence-electron chi connectivity index (χ3n) is 3.66. The molecule has 5 heteroatoms. The van der Waals surface area contributed by atoms with Crippen molar-refractivity contribution in [1.29, 1.82) is 0 Å². The fourth-order valence-corrected chi connectivity index (χ4v) is 2.05. The van der Waals surface area contributed by atoms with E-state index in [4.69, 9.17) is 0 Å². The van der Waals surface area contributed by atoms with Gasteiger partial charge in [-0.05, 0) is 38.0 Å². The van der Waals surface area contributed by atoms with E-state index in [9.17, 15) is 9.59 Å². The second-order valence-corrected chi connectivity index (χ2v) is 5.82. The van der Waals surface area contributed by atoms with Crippen LogP contribution < -0.4 is 16.0 Å². The van der Waals surface area contributed by atoms with Gasteiger partial charge in [-0.3, -0.25) is 9.59 Å². The first-order chi connectivity index (χ1) is 11.0. The fraction of sp³-hybridized carbons (Fsp3) is 0.556. The van der Waals surface area contributed by atoms with Gasteiger partial charge in [0.05, 0.1) is 6.54 Å². The maximum Gasteiger partial charge on any atom is 0.238 e. The van der Waals surface area contributed by atoms with E-state index in [0.717, 1.165) is 25.7 Å². The highest BCUT2D eigenvalue weighted by atomic mass is 16.2. The number of nitrogens with one attached hydrogen (secondary N) is 3.